The van der Waals surface area contributed by atoms with Crippen molar-refractivity contribution in [3.8, 4) is 11.5 Å². The van der Waals surface area contributed by atoms with Crippen molar-refractivity contribution in [2.75, 3.05) is 6.61 Å². The average molecular weight is 385 g/mol. The molecule has 0 fully saturated rings. The summed E-state index contributed by atoms with van der Waals surface area (Å²) in [4.78, 5) is 12.1. The van der Waals surface area contributed by atoms with Crippen molar-refractivity contribution in [1.82, 2.24) is 0 Å². The van der Waals surface area contributed by atoms with Gasteiger partial charge in [-0.3, -0.25) is 0 Å². The summed E-state index contributed by atoms with van der Waals surface area (Å²) in [7, 11) is 0. The molecule has 0 amide bonds. The molecule has 0 aliphatic heterocycles. The molecule has 0 aromatic heterocycles. The molecule has 0 N–H and O–H groups in total. The van der Waals surface area contributed by atoms with E-state index < -0.39 is 5.97 Å². The summed E-state index contributed by atoms with van der Waals surface area (Å²) in [5, 5.41) is 2.15. The van der Waals surface area contributed by atoms with Gasteiger partial charge in [0.1, 0.15) is 11.5 Å². The third kappa shape index (κ3) is 3.44. The minimum Gasteiger partial charge on any atom is -0.481 e. The molecule has 0 aliphatic rings. The highest BCUT2D eigenvalue weighted by molar-refractivity contribution is 9.10. The molecule has 3 aromatic rings. The molecule has 0 spiro atoms. The standard InChI is InChI=1S/C20H17BrO3/c1-13-6-5-7-14(2)20(13)24-18(22)12-23-17-11-10-15-8-3-4-9-16(15)19(17)21/h3-11H,12H2,1-2H3. The lowest BCUT2D eigenvalue weighted by Gasteiger charge is -2.12. The molecular weight excluding hydrogens is 368 g/mol. The lowest BCUT2D eigenvalue weighted by molar-refractivity contribution is -0.136. The number of carbonyl (C=O) groups excluding carboxylic acids is 1. The molecule has 0 bridgehead atoms. The van der Waals surface area contributed by atoms with Crippen LogP contribution in [0.15, 0.2) is 59.1 Å². The molecule has 0 aliphatic carbocycles. The fourth-order valence-electron chi connectivity index (χ4n) is 2.57. The van der Waals surface area contributed by atoms with Gasteiger partial charge in [-0.25, -0.2) is 4.79 Å². The van der Waals surface area contributed by atoms with Crippen LogP contribution in [0.4, 0.5) is 0 Å². The summed E-state index contributed by atoms with van der Waals surface area (Å²) >= 11 is 3.54. The topological polar surface area (TPSA) is 35.5 Å². The predicted molar refractivity (Wildman–Crippen MR) is 98.7 cm³/mol. The van der Waals surface area contributed by atoms with Crippen molar-refractivity contribution in [3.05, 3.63) is 70.2 Å². The summed E-state index contributed by atoms with van der Waals surface area (Å²) in [6, 6.07) is 17.5. The number of hydrogen-bond donors (Lipinski definition) is 0. The lowest BCUT2D eigenvalue weighted by Crippen LogP contribution is -2.18. The van der Waals surface area contributed by atoms with E-state index in [-0.39, 0.29) is 6.61 Å². The normalized spacial score (nSPS) is 10.6. The zero-order valence-corrected chi connectivity index (χ0v) is 15.1. The molecule has 3 aromatic carbocycles. The van der Waals surface area contributed by atoms with Gasteiger partial charge in [-0.05, 0) is 57.7 Å². The van der Waals surface area contributed by atoms with E-state index in [1.54, 1.807) is 0 Å². The van der Waals surface area contributed by atoms with Crippen LogP contribution >= 0.6 is 15.9 Å². The Morgan fingerprint density at radius 3 is 2.42 bits per heavy atom. The molecule has 0 heterocycles. The number of carbonyl (C=O) groups is 1. The van der Waals surface area contributed by atoms with E-state index in [1.165, 1.54) is 0 Å². The number of fused-ring (bicyclic) bond motifs is 1. The third-order valence-electron chi connectivity index (χ3n) is 3.80. The Morgan fingerprint density at radius 1 is 0.958 bits per heavy atom. The highest BCUT2D eigenvalue weighted by Crippen LogP contribution is 2.33. The van der Waals surface area contributed by atoms with Gasteiger partial charge in [-0.1, -0.05) is 48.5 Å². The molecular formula is C20H17BrO3. The smallest absolute Gasteiger partial charge is 0.349 e. The zero-order chi connectivity index (χ0) is 17.1. The molecule has 0 saturated heterocycles. The Morgan fingerprint density at radius 2 is 1.67 bits per heavy atom. The quantitative estimate of drug-likeness (QED) is 0.457. The minimum absolute atomic E-state index is 0.148. The Hall–Kier alpha value is -2.33. The van der Waals surface area contributed by atoms with Crippen molar-refractivity contribution in [1.29, 1.82) is 0 Å². The van der Waals surface area contributed by atoms with Crippen molar-refractivity contribution in [2.24, 2.45) is 0 Å². The van der Waals surface area contributed by atoms with Gasteiger partial charge in [0.15, 0.2) is 6.61 Å². The van der Waals surface area contributed by atoms with Crippen LogP contribution in [0, 0.1) is 13.8 Å². The van der Waals surface area contributed by atoms with Gasteiger partial charge in [0, 0.05) is 0 Å². The molecule has 24 heavy (non-hydrogen) atoms. The number of para-hydroxylation sites is 1. The minimum atomic E-state index is -0.424. The highest BCUT2D eigenvalue weighted by Gasteiger charge is 2.12. The maximum absolute atomic E-state index is 12.1. The predicted octanol–water partition coefficient (Wildman–Crippen LogP) is 5.20. The summed E-state index contributed by atoms with van der Waals surface area (Å²) < 4.78 is 11.9. The van der Waals surface area contributed by atoms with Crippen LogP contribution in [0.5, 0.6) is 11.5 Å². The molecule has 0 atom stereocenters. The van der Waals surface area contributed by atoms with E-state index in [0.717, 1.165) is 26.4 Å². The molecule has 3 nitrogen and oxygen atoms in total. The van der Waals surface area contributed by atoms with Crippen molar-refractivity contribution in [2.45, 2.75) is 13.8 Å². The number of benzene rings is 3. The summed E-state index contributed by atoms with van der Waals surface area (Å²) in [6.07, 6.45) is 0. The molecule has 122 valence electrons. The van der Waals surface area contributed by atoms with Crippen LogP contribution < -0.4 is 9.47 Å². The molecule has 0 radical (unpaired) electrons. The Balaban J connectivity index is 1.72. The zero-order valence-electron chi connectivity index (χ0n) is 13.5. The first-order valence-corrected chi connectivity index (χ1v) is 8.42. The van der Waals surface area contributed by atoms with E-state index in [9.17, 15) is 4.79 Å². The van der Waals surface area contributed by atoms with Crippen molar-refractivity contribution < 1.29 is 14.3 Å². The number of esters is 1. The second-order valence-corrected chi connectivity index (χ2v) is 6.38. The van der Waals surface area contributed by atoms with Gasteiger partial charge in [-0.2, -0.15) is 0 Å². The van der Waals surface area contributed by atoms with E-state index in [2.05, 4.69) is 15.9 Å². The Labute approximate surface area is 149 Å². The highest BCUT2D eigenvalue weighted by atomic mass is 79.9. The van der Waals surface area contributed by atoms with Gasteiger partial charge in [-0.15, -0.1) is 0 Å². The molecule has 3 rings (SSSR count). The maximum atomic E-state index is 12.1. The number of aryl methyl sites for hydroxylation is 2. The van der Waals surface area contributed by atoms with Gasteiger partial charge in [0.25, 0.3) is 0 Å². The van der Waals surface area contributed by atoms with Crippen LogP contribution in [-0.2, 0) is 4.79 Å². The van der Waals surface area contributed by atoms with Crippen LogP contribution in [0.2, 0.25) is 0 Å². The van der Waals surface area contributed by atoms with Crippen LogP contribution in [0.25, 0.3) is 10.8 Å². The van der Waals surface area contributed by atoms with E-state index in [0.29, 0.717) is 11.5 Å². The Bertz CT molecular complexity index is 882. The van der Waals surface area contributed by atoms with Crippen LogP contribution in [0.3, 0.4) is 0 Å². The maximum Gasteiger partial charge on any atom is 0.349 e. The first-order valence-electron chi connectivity index (χ1n) is 7.63. The third-order valence-corrected chi connectivity index (χ3v) is 4.62. The van der Waals surface area contributed by atoms with Crippen molar-refractivity contribution in [3.63, 3.8) is 0 Å². The molecule has 4 heteroatoms. The Kier molecular flexibility index (Phi) is 4.86. The fourth-order valence-corrected chi connectivity index (χ4v) is 3.17. The number of rotatable bonds is 4. The molecule has 0 unspecified atom stereocenters. The van der Waals surface area contributed by atoms with Crippen LogP contribution in [0.1, 0.15) is 11.1 Å². The van der Waals surface area contributed by atoms with E-state index in [4.69, 9.17) is 9.47 Å². The summed E-state index contributed by atoms with van der Waals surface area (Å²) in [6.45, 7) is 3.68. The average Bonchev–Trinajstić information content (AvgIpc) is 2.58. The van der Waals surface area contributed by atoms with Gasteiger partial charge >= 0.3 is 5.97 Å². The number of ether oxygens (including phenoxy) is 2. The largest absolute Gasteiger partial charge is 0.481 e. The van der Waals surface area contributed by atoms with Gasteiger partial charge in [0.05, 0.1) is 4.47 Å². The van der Waals surface area contributed by atoms with E-state index in [1.807, 2.05) is 68.4 Å². The van der Waals surface area contributed by atoms with Crippen molar-refractivity contribution >= 4 is 32.7 Å². The van der Waals surface area contributed by atoms with Gasteiger partial charge < -0.3 is 9.47 Å². The summed E-state index contributed by atoms with van der Waals surface area (Å²) in [5.74, 6) is 0.795. The monoisotopic (exact) mass is 384 g/mol. The second kappa shape index (κ2) is 7.05. The molecule has 0 saturated carbocycles. The first kappa shape index (κ1) is 16.5. The SMILES string of the molecule is Cc1cccc(C)c1OC(=O)COc1ccc2ccccc2c1Br. The van der Waals surface area contributed by atoms with Gasteiger partial charge in [0.2, 0.25) is 0 Å². The number of hydrogen-bond acceptors (Lipinski definition) is 3. The first-order chi connectivity index (χ1) is 11.6. The van der Waals surface area contributed by atoms with Crippen LogP contribution in [-0.4, -0.2) is 12.6 Å². The van der Waals surface area contributed by atoms with E-state index >= 15 is 0 Å². The number of halogens is 1. The lowest BCUT2D eigenvalue weighted by atomic mass is 10.1. The second-order valence-electron chi connectivity index (χ2n) is 5.58. The summed E-state index contributed by atoms with van der Waals surface area (Å²) in [5.41, 5.74) is 1.85. The fraction of sp³-hybridized carbons (Fsp3) is 0.150.